The van der Waals surface area contributed by atoms with Crippen LogP contribution in [0.4, 0.5) is 0 Å². The predicted octanol–water partition coefficient (Wildman–Crippen LogP) is 3.01. The maximum atomic E-state index is 4.11. The Hall–Kier alpha value is -0.860. The fourth-order valence-corrected chi connectivity index (χ4v) is 0.638. The summed E-state index contributed by atoms with van der Waals surface area (Å²) in [5, 5.41) is 9.93. The summed E-state index contributed by atoms with van der Waals surface area (Å²) in [6.07, 6.45) is 3.79. The third kappa shape index (κ3) is 4.88. The highest BCUT2D eigenvalue weighted by molar-refractivity contribution is 4.65. The van der Waals surface area contributed by atoms with Crippen molar-refractivity contribution in [1.82, 2.24) is 5.01 Å². The van der Waals surface area contributed by atoms with E-state index in [1.54, 1.807) is 11.2 Å². The van der Waals surface area contributed by atoms with Crippen molar-refractivity contribution in [1.29, 1.82) is 0 Å². The molecule has 0 aromatic heterocycles. The molecule has 0 aromatic carbocycles. The Morgan fingerprint density at radius 1 is 1.50 bits per heavy atom. The van der Waals surface area contributed by atoms with Gasteiger partial charge in [-0.15, -0.1) is 0 Å². The topological polar surface area (TPSA) is 28.0 Å². The Kier molecular flexibility index (Phi) is 6.34. The van der Waals surface area contributed by atoms with Gasteiger partial charge in [-0.1, -0.05) is 25.6 Å². The first-order chi connectivity index (χ1) is 5.74. The molecule has 0 aromatic rings. The summed E-state index contributed by atoms with van der Waals surface area (Å²) in [7, 11) is 0. The van der Waals surface area contributed by atoms with Crippen LogP contribution in [0.5, 0.6) is 0 Å². The molecule has 0 heterocycles. The van der Waals surface area contributed by atoms with Crippen LogP contribution >= 0.6 is 0 Å². The third-order valence-electron chi connectivity index (χ3n) is 1.62. The molecule has 70 valence electrons. The molecule has 0 N–H and O–H groups in total. The molecule has 0 aliphatic heterocycles. The lowest BCUT2D eigenvalue weighted by Crippen LogP contribution is -2.10. The molecule has 0 aliphatic rings. The Bertz CT molecular complexity index is 143. The Balaban J connectivity index is 3.82. The fourth-order valence-electron chi connectivity index (χ4n) is 0.638. The summed E-state index contributed by atoms with van der Waals surface area (Å²) in [5.74, 6) is 0. The molecule has 0 spiro atoms. The lowest BCUT2D eigenvalue weighted by Gasteiger charge is -2.10. The van der Waals surface area contributed by atoms with Crippen LogP contribution in [0.15, 0.2) is 23.1 Å². The van der Waals surface area contributed by atoms with E-state index in [0.29, 0.717) is 6.04 Å². The molecule has 12 heavy (non-hydrogen) atoms. The molecular weight excluding hydrogens is 150 g/mol. The molecule has 0 amide bonds. The van der Waals surface area contributed by atoms with E-state index in [2.05, 4.69) is 37.7 Å². The van der Waals surface area contributed by atoms with Gasteiger partial charge in [0.2, 0.25) is 0 Å². The van der Waals surface area contributed by atoms with Crippen molar-refractivity contribution in [3.63, 3.8) is 0 Å². The minimum absolute atomic E-state index is 0.310. The van der Waals surface area contributed by atoms with Gasteiger partial charge in [-0.3, -0.25) is 5.01 Å². The summed E-state index contributed by atoms with van der Waals surface area (Å²) >= 11 is 0. The Morgan fingerprint density at radius 2 is 2.17 bits per heavy atom. The van der Waals surface area contributed by atoms with Crippen molar-refractivity contribution in [3.05, 3.63) is 12.8 Å². The van der Waals surface area contributed by atoms with Crippen molar-refractivity contribution < 1.29 is 0 Å². The smallest absolute Gasteiger partial charge is 0.0699 e. The number of nitrogens with zero attached hydrogens (tertiary/aromatic N) is 3. The zero-order valence-corrected chi connectivity index (χ0v) is 8.32. The highest BCUT2D eigenvalue weighted by atomic mass is 15.5. The van der Waals surface area contributed by atoms with Crippen LogP contribution in [0.1, 0.15) is 33.6 Å². The lowest BCUT2D eigenvalue weighted by molar-refractivity contribution is 0.358. The monoisotopic (exact) mass is 169 g/mol. The van der Waals surface area contributed by atoms with Gasteiger partial charge in [0.1, 0.15) is 0 Å². The van der Waals surface area contributed by atoms with Gasteiger partial charge in [0.05, 0.1) is 6.04 Å². The molecule has 3 nitrogen and oxygen atoms in total. The first-order valence-electron chi connectivity index (χ1n) is 4.54. The maximum absolute atomic E-state index is 4.11. The zero-order chi connectivity index (χ0) is 9.40. The quantitative estimate of drug-likeness (QED) is 0.443. The molecule has 0 radical (unpaired) electrons. The normalized spacial score (nSPS) is 13.2. The van der Waals surface area contributed by atoms with Gasteiger partial charge in [0.25, 0.3) is 0 Å². The summed E-state index contributed by atoms with van der Waals surface area (Å²) in [5.41, 5.74) is 0. The van der Waals surface area contributed by atoms with E-state index in [0.717, 1.165) is 19.4 Å². The van der Waals surface area contributed by atoms with Gasteiger partial charge in [-0.2, -0.15) is 5.11 Å². The number of hydrogen-bond donors (Lipinski definition) is 0. The van der Waals surface area contributed by atoms with Crippen LogP contribution in [-0.2, 0) is 0 Å². The molecule has 0 saturated carbocycles. The lowest BCUT2D eigenvalue weighted by atomic mass is 10.3. The van der Waals surface area contributed by atoms with E-state index in [9.17, 15) is 0 Å². The van der Waals surface area contributed by atoms with Crippen LogP contribution in [0, 0.1) is 0 Å². The highest BCUT2D eigenvalue weighted by Gasteiger charge is 1.95. The van der Waals surface area contributed by atoms with E-state index in [1.165, 1.54) is 0 Å². The standard InChI is InChI=1S/C9H19N3/c1-5-8-12(7-3)11-10-9(4)6-2/h7,9H,3,5-6,8H2,1-2,4H3. The molecule has 0 bridgehead atoms. The van der Waals surface area contributed by atoms with E-state index >= 15 is 0 Å². The minimum Gasteiger partial charge on any atom is -0.255 e. The summed E-state index contributed by atoms with van der Waals surface area (Å²) in [4.78, 5) is 0. The van der Waals surface area contributed by atoms with Crippen molar-refractivity contribution in [2.45, 2.75) is 39.7 Å². The van der Waals surface area contributed by atoms with Crippen LogP contribution in [0.25, 0.3) is 0 Å². The molecule has 1 unspecified atom stereocenters. The predicted molar refractivity (Wildman–Crippen MR) is 51.8 cm³/mol. The van der Waals surface area contributed by atoms with Crippen molar-refractivity contribution in [2.24, 2.45) is 10.3 Å². The van der Waals surface area contributed by atoms with Gasteiger partial charge in [0.15, 0.2) is 0 Å². The average Bonchev–Trinajstić information content (AvgIpc) is 2.11. The average molecular weight is 169 g/mol. The number of rotatable bonds is 6. The summed E-state index contributed by atoms with van der Waals surface area (Å²) < 4.78 is 0. The molecule has 0 rings (SSSR count). The van der Waals surface area contributed by atoms with Crippen LogP contribution in [0.3, 0.4) is 0 Å². The molecule has 0 aliphatic carbocycles. The van der Waals surface area contributed by atoms with E-state index in [1.807, 2.05) is 0 Å². The van der Waals surface area contributed by atoms with Crippen molar-refractivity contribution in [2.75, 3.05) is 6.54 Å². The van der Waals surface area contributed by atoms with Gasteiger partial charge >= 0.3 is 0 Å². The highest BCUT2D eigenvalue weighted by Crippen LogP contribution is 1.99. The second kappa shape index (κ2) is 6.83. The van der Waals surface area contributed by atoms with Crippen molar-refractivity contribution in [3.8, 4) is 0 Å². The van der Waals surface area contributed by atoms with Gasteiger partial charge in [-0.25, -0.2) is 0 Å². The first kappa shape index (κ1) is 11.1. The second-order valence-corrected chi connectivity index (χ2v) is 2.81. The molecule has 3 heteroatoms. The first-order valence-corrected chi connectivity index (χ1v) is 4.54. The van der Waals surface area contributed by atoms with Gasteiger partial charge in [-0.05, 0) is 19.8 Å². The van der Waals surface area contributed by atoms with Crippen LogP contribution in [-0.4, -0.2) is 17.6 Å². The van der Waals surface area contributed by atoms with Crippen LogP contribution in [0.2, 0.25) is 0 Å². The van der Waals surface area contributed by atoms with E-state index < -0.39 is 0 Å². The molecular formula is C9H19N3. The summed E-state index contributed by atoms with van der Waals surface area (Å²) in [6.45, 7) is 10.8. The van der Waals surface area contributed by atoms with Gasteiger partial charge in [0, 0.05) is 12.7 Å². The van der Waals surface area contributed by atoms with Gasteiger partial charge < -0.3 is 0 Å². The van der Waals surface area contributed by atoms with E-state index in [4.69, 9.17) is 0 Å². The Morgan fingerprint density at radius 3 is 2.58 bits per heavy atom. The minimum atomic E-state index is 0.310. The zero-order valence-electron chi connectivity index (χ0n) is 8.32. The van der Waals surface area contributed by atoms with Crippen molar-refractivity contribution >= 4 is 0 Å². The largest absolute Gasteiger partial charge is 0.255 e. The summed E-state index contributed by atoms with van der Waals surface area (Å²) in [6, 6.07) is 0.310. The fraction of sp³-hybridized carbons (Fsp3) is 0.778. The number of hydrogen-bond acceptors (Lipinski definition) is 2. The molecule has 0 saturated heterocycles. The Labute approximate surface area is 75.1 Å². The molecule has 1 atom stereocenters. The van der Waals surface area contributed by atoms with Crippen LogP contribution < -0.4 is 0 Å². The third-order valence-corrected chi connectivity index (χ3v) is 1.62. The maximum Gasteiger partial charge on any atom is 0.0699 e. The second-order valence-electron chi connectivity index (χ2n) is 2.81. The van der Waals surface area contributed by atoms with E-state index in [-0.39, 0.29) is 0 Å². The molecule has 0 fully saturated rings. The SMILES string of the molecule is C=CN(CCC)N=NC(C)CC.